The Bertz CT molecular complexity index is 295. The molecule has 0 saturated carbocycles. The Morgan fingerprint density at radius 3 is 2.69 bits per heavy atom. The van der Waals surface area contributed by atoms with Crippen LogP contribution in [0.4, 0.5) is 4.79 Å². The van der Waals surface area contributed by atoms with Gasteiger partial charge >= 0.3 is 0 Å². The predicted molar refractivity (Wildman–Crippen MR) is 57.9 cm³/mol. The summed E-state index contributed by atoms with van der Waals surface area (Å²) in [4.78, 5) is 10.4. The molecule has 0 bridgehead atoms. The molecule has 3 heteroatoms. The summed E-state index contributed by atoms with van der Waals surface area (Å²) in [6, 6.07) is 9.90. The highest BCUT2D eigenvalue weighted by Crippen LogP contribution is 1.99. The van der Waals surface area contributed by atoms with Gasteiger partial charge in [-0.2, -0.15) is 0 Å². The molecule has 0 atom stereocenters. The molecule has 1 amide bonds. The van der Waals surface area contributed by atoms with Gasteiger partial charge in [-0.25, -0.2) is 0 Å². The number of rotatable bonds is 3. The summed E-state index contributed by atoms with van der Waals surface area (Å²) in [5.41, 5.74) is 1.12. The number of carbonyl (C=O) groups excluding carboxylic acids is 1. The number of hydrogen-bond donors (Lipinski definition) is 2. The molecule has 0 radical (unpaired) electrons. The van der Waals surface area contributed by atoms with Crippen LogP contribution in [0, 0.1) is 0 Å². The Labute approximate surface area is 83.1 Å². The van der Waals surface area contributed by atoms with Crippen molar-refractivity contribution in [1.29, 1.82) is 0 Å². The molecule has 0 aliphatic carbocycles. The van der Waals surface area contributed by atoms with Gasteiger partial charge in [0.15, 0.2) is 0 Å². The zero-order chi connectivity index (χ0) is 9.52. The van der Waals surface area contributed by atoms with E-state index in [9.17, 15) is 4.79 Å². The molecule has 0 saturated heterocycles. The lowest BCUT2D eigenvalue weighted by molar-refractivity contribution is 0.262. The third-order valence-electron chi connectivity index (χ3n) is 1.48. The lowest BCUT2D eigenvalue weighted by Crippen LogP contribution is -2.15. The third kappa shape index (κ3) is 4.38. The van der Waals surface area contributed by atoms with Gasteiger partial charge in [0.2, 0.25) is 0 Å². The number of hydrogen-bond acceptors (Lipinski definition) is 1. The van der Waals surface area contributed by atoms with Crippen LogP contribution in [-0.2, 0) is 0 Å². The van der Waals surface area contributed by atoms with Crippen LogP contribution in [0.25, 0.3) is 6.08 Å². The fourth-order valence-corrected chi connectivity index (χ4v) is 0.997. The summed E-state index contributed by atoms with van der Waals surface area (Å²) < 4.78 is 0. The van der Waals surface area contributed by atoms with Crippen LogP contribution in [0.3, 0.4) is 0 Å². The summed E-state index contributed by atoms with van der Waals surface area (Å²) in [5.74, 6) is 0. The van der Waals surface area contributed by atoms with Crippen LogP contribution in [-0.4, -0.2) is 11.8 Å². The second-order valence-corrected chi connectivity index (χ2v) is 2.91. The Kier molecular flexibility index (Phi) is 4.12. The van der Waals surface area contributed by atoms with E-state index < -0.39 is 0 Å². The second kappa shape index (κ2) is 5.43. The fraction of sp³-hybridized carbons (Fsp3) is 0.100. The van der Waals surface area contributed by atoms with Crippen molar-refractivity contribution >= 4 is 23.9 Å². The topological polar surface area (TPSA) is 29.1 Å². The highest BCUT2D eigenvalue weighted by atomic mass is 32.1. The molecule has 1 aromatic carbocycles. The summed E-state index contributed by atoms with van der Waals surface area (Å²) in [6.45, 7) is 0.511. The van der Waals surface area contributed by atoms with Crippen LogP contribution >= 0.6 is 12.6 Å². The van der Waals surface area contributed by atoms with E-state index in [2.05, 4.69) is 17.9 Å². The molecule has 0 aromatic heterocycles. The number of thiol groups is 1. The zero-order valence-electron chi connectivity index (χ0n) is 7.10. The Morgan fingerprint density at radius 2 is 2.08 bits per heavy atom. The van der Waals surface area contributed by atoms with Gasteiger partial charge < -0.3 is 5.32 Å². The Morgan fingerprint density at radius 1 is 1.38 bits per heavy atom. The smallest absolute Gasteiger partial charge is 0.276 e. The maximum absolute atomic E-state index is 10.4. The molecule has 1 N–H and O–H groups in total. The monoisotopic (exact) mass is 193 g/mol. The summed E-state index contributed by atoms with van der Waals surface area (Å²) in [7, 11) is 0. The summed E-state index contributed by atoms with van der Waals surface area (Å²) in [5, 5.41) is 2.25. The highest BCUT2D eigenvalue weighted by Gasteiger charge is 1.86. The van der Waals surface area contributed by atoms with Crippen molar-refractivity contribution in [3.8, 4) is 0 Å². The van der Waals surface area contributed by atoms with E-state index in [4.69, 9.17) is 0 Å². The first-order chi connectivity index (χ1) is 6.29. The van der Waals surface area contributed by atoms with Crippen molar-refractivity contribution in [3.63, 3.8) is 0 Å². The summed E-state index contributed by atoms with van der Waals surface area (Å²) >= 11 is 3.57. The van der Waals surface area contributed by atoms with Crippen molar-refractivity contribution < 1.29 is 4.79 Å². The first-order valence-corrected chi connectivity index (χ1v) is 4.42. The molecule has 0 aliphatic heterocycles. The Hall–Kier alpha value is -1.22. The third-order valence-corrected chi connectivity index (χ3v) is 1.64. The van der Waals surface area contributed by atoms with Crippen LogP contribution in [0.5, 0.6) is 0 Å². The highest BCUT2D eigenvalue weighted by molar-refractivity contribution is 7.96. The van der Waals surface area contributed by atoms with Gasteiger partial charge in [0.25, 0.3) is 5.24 Å². The molecule has 0 aliphatic rings. The molecule has 0 spiro atoms. The lowest BCUT2D eigenvalue weighted by atomic mass is 10.2. The van der Waals surface area contributed by atoms with E-state index in [1.165, 1.54) is 0 Å². The molecule has 2 nitrogen and oxygen atoms in total. The number of benzene rings is 1. The van der Waals surface area contributed by atoms with Crippen LogP contribution in [0.1, 0.15) is 5.56 Å². The van der Waals surface area contributed by atoms with Crippen molar-refractivity contribution in [2.24, 2.45) is 0 Å². The first kappa shape index (κ1) is 9.86. The van der Waals surface area contributed by atoms with Gasteiger partial charge in [0.05, 0.1) is 0 Å². The van der Waals surface area contributed by atoms with E-state index in [1.54, 1.807) is 0 Å². The van der Waals surface area contributed by atoms with Crippen molar-refractivity contribution in [1.82, 2.24) is 5.32 Å². The fourth-order valence-electron chi connectivity index (χ4n) is 0.905. The number of carbonyl (C=O) groups is 1. The van der Waals surface area contributed by atoms with Crippen molar-refractivity contribution in [2.45, 2.75) is 0 Å². The second-order valence-electron chi connectivity index (χ2n) is 2.50. The molecular weight excluding hydrogens is 182 g/mol. The van der Waals surface area contributed by atoms with Gasteiger partial charge in [-0.15, -0.1) is 0 Å². The molecule has 0 unspecified atom stereocenters. The first-order valence-electron chi connectivity index (χ1n) is 3.97. The maximum atomic E-state index is 10.4. The van der Waals surface area contributed by atoms with E-state index in [1.807, 2.05) is 42.5 Å². The van der Waals surface area contributed by atoms with Gasteiger partial charge in [-0.05, 0) is 5.56 Å². The molecule has 68 valence electrons. The van der Waals surface area contributed by atoms with E-state index in [-0.39, 0.29) is 5.24 Å². The quantitative estimate of drug-likeness (QED) is 0.709. The van der Waals surface area contributed by atoms with Gasteiger partial charge in [0.1, 0.15) is 0 Å². The van der Waals surface area contributed by atoms with E-state index in [0.717, 1.165) is 5.56 Å². The minimum absolute atomic E-state index is 0.308. The molecule has 1 aromatic rings. The zero-order valence-corrected chi connectivity index (χ0v) is 8.00. The number of nitrogens with one attached hydrogen (secondary N) is 1. The lowest BCUT2D eigenvalue weighted by Gasteiger charge is -1.94. The SMILES string of the molecule is O=C(S)NCC=Cc1ccccc1. The standard InChI is InChI=1S/C10H11NOS/c12-10(13)11-8-4-7-9-5-2-1-3-6-9/h1-7H,8H2,(H2,11,12,13). The maximum Gasteiger partial charge on any atom is 0.276 e. The molecule has 1 rings (SSSR count). The molecule has 0 fully saturated rings. The average Bonchev–Trinajstić information content (AvgIpc) is 2.14. The minimum atomic E-state index is -0.308. The normalized spacial score (nSPS) is 10.2. The van der Waals surface area contributed by atoms with Gasteiger partial charge in [-0.3, -0.25) is 4.79 Å². The van der Waals surface area contributed by atoms with Crippen molar-refractivity contribution in [3.05, 3.63) is 42.0 Å². The molecule has 0 heterocycles. The van der Waals surface area contributed by atoms with Crippen LogP contribution in [0.2, 0.25) is 0 Å². The minimum Gasteiger partial charge on any atom is -0.344 e. The average molecular weight is 193 g/mol. The summed E-state index contributed by atoms with van der Waals surface area (Å²) in [6.07, 6.45) is 3.83. The van der Waals surface area contributed by atoms with Gasteiger partial charge in [0, 0.05) is 6.54 Å². The Balaban J connectivity index is 2.37. The number of amides is 1. The van der Waals surface area contributed by atoms with Crippen LogP contribution in [0.15, 0.2) is 36.4 Å². The predicted octanol–water partition coefficient (Wildman–Crippen LogP) is 2.34. The van der Waals surface area contributed by atoms with Gasteiger partial charge in [-0.1, -0.05) is 55.1 Å². The van der Waals surface area contributed by atoms with Crippen molar-refractivity contribution in [2.75, 3.05) is 6.54 Å². The largest absolute Gasteiger partial charge is 0.344 e. The molecule has 13 heavy (non-hydrogen) atoms. The van der Waals surface area contributed by atoms with E-state index >= 15 is 0 Å². The molecular formula is C10H11NOS. The van der Waals surface area contributed by atoms with Crippen LogP contribution < -0.4 is 5.32 Å². The van der Waals surface area contributed by atoms with E-state index in [0.29, 0.717) is 6.54 Å².